The third kappa shape index (κ3) is 4.75. The molecule has 6 N–H and O–H groups in total. The van der Waals surface area contributed by atoms with Crippen molar-refractivity contribution in [1.82, 2.24) is 5.32 Å². The summed E-state index contributed by atoms with van der Waals surface area (Å²) in [5, 5.41) is 50.6. The maximum Gasteiger partial charge on any atom is 0.407 e. The molecule has 0 bridgehead atoms. The second-order valence-corrected chi connectivity index (χ2v) is 5.33. The highest BCUT2D eigenvalue weighted by Crippen LogP contribution is 2.40. The number of hydrogen-bond acceptors (Lipinski definition) is 7. The number of aliphatic hydroxyl groups is 2. The highest BCUT2D eigenvalue weighted by molar-refractivity contribution is 5.67. The summed E-state index contributed by atoms with van der Waals surface area (Å²) < 4.78 is 4.96. The second kappa shape index (κ2) is 8.22. The highest BCUT2D eigenvalue weighted by atomic mass is 16.5. The Balaban J connectivity index is 1.86. The first-order valence-electron chi connectivity index (χ1n) is 7.44. The molecule has 0 spiro atoms. The van der Waals surface area contributed by atoms with Gasteiger partial charge in [-0.1, -0.05) is 30.3 Å². The molecule has 2 aromatic carbocycles. The maximum atomic E-state index is 11.6. The van der Waals surface area contributed by atoms with Gasteiger partial charge in [0, 0.05) is 12.1 Å². The zero-order chi connectivity index (χ0) is 18.4. The summed E-state index contributed by atoms with van der Waals surface area (Å²) in [5.74, 6) is -2.12. The summed E-state index contributed by atoms with van der Waals surface area (Å²) in [6.07, 6.45) is -3.85. The van der Waals surface area contributed by atoms with Crippen LogP contribution in [0.3, 0.4) is 0 Å². The maximum absolute atomic E-state index is 11.6. The number of alkyl carbamates (subject to hydrolysis) is 1. The lowest BCUT2D eigenvalue weighted by molar-refractivity contribution is 0.0169. The minimum Gasteiger partial charge on any atom is -0.504 e. The molecule has 2 aromatic rings. The van der Waals surface area contributed by atoms with Crippen molar-refractivity contribution in [3.8, 4) is 17.2 Å². The van der Waals surface area contributed by atoms with E-state index in [2.05, 4.69) is 5.32 Å². The van der Waals surface area contributed by atoms with Crippen molar-refractivity contribution < 1.29 is 35.1 Å². The number of ether oxygens (including phenoxy) is 1. The van der Waals surface area contributed by atoms with Gasteiger partial charge in [0.25, 0.3) is 0 Å². The number of aliphatic hydroxyl groups excluding tert-OH is 2. The van der Waals surface area contributed by atoms with Gasteiger partial charge in [0.1, 0.15) is 18.8 Å². The average molecular weight is 349 g/mol. The molecular formula is C17H19NO7. The van der Waals surface area contributed by atoms with Gasteiger partial charge in [-0.3, -0.25) is 0 Å². The van der Waals surface area contributed by atoms with Crippen LogP contribution in [0.1, 0.15) is 17.2 Å². The molecular weight excluding hydrogens is 330 g/mol. The number of aromatic hydroxyl groups is 3. The number of rotatable bonds is 6. The molecule has 2 atom stereocenters. The lowest BCUT2D eigenvalue weighted by Crippen LogP contribution is -2.35. The molecule has 8 nitrogen and oxygen atoms in total. The van der Waals surface area contributed by atoms with E-state index in [-0.39, 0.29) is 18.7 Å². The molecule has 1 amide bonds. The lowest BCUT2D eigenvalue weighted by atomic mass is 10.0. The van der Waals surface area contributed by atoms with Crippen LogP contribution >= 0.6 is 0 Å². The van der Waals surface area contributed by atoms with Gasteiger partial charge in [0.05, 0.1) is 0 Å². The fourth-order valence-electron chi connectivity index (χ4n) is 2.10. The van der Waals surface area contributed by atoms with E-state index in [1.54, 1.807) is 24.3 Å². The number of benzene rings is 2. The molecule has 25 heavy (non-hydrogen) atoms. The van der Waals surface area contributed by atoms with Crippen LogP contribution in [0.2, 0.25) is 0 Å². The largest absolute Gasteiger partial charge is 0.504 e. The smallest absolute Gasteiger partial charge is 0.407 e. The number of amides is 1. The fourth-order valence-corrected chi connectivity index (χ4v) is 2.10. The molecule has 134 valence electrons. The quantitative estimate of drug-likeness (QED) is 0.430. The summed E-state index contributed by atoms with van der Waals surface area (Å²) in [6, 6.07) is 11.2. The minimum absolute atomic E-state index is 0.0535. The van der Waals surface area contributed by atoms with Crippen LogP contribution in [0, 0.1) is 0 Å². The van der Waals surface area contributed by atoms with Crippen LogP contribution in [0.4, 0.5) is 4.79 Å². The third-order valence-corrected chi connectivity index (χ3v) is 3.51. The first kappa shape index (κ1) is 18.4. The Morgan fingerprint density at radius 3 is 2.36 bits per heavy atom. The molecule has 0 aliphatic carbocycles. The zero-order valence-corrected chi connectivity index (χ0v) is 13.2. The van der Waals surface area contributed by atoms with Gasteiger partial charge in [-0.05, 0) is 17.7 Å². The predicted molar refractivity (Wildman–Crippen MR) is 87.0 cm³/mol. The van der Waals surface area contributed by atoms with Crippen molar-refractivity contribution in [3.63, 3.8) is 0 Å². The SMILES string of the molecule is O=C(NCC(O)C(O)c1ccc(O)c(O)c1O)OCc1ccccc1. The Kier molecular flexibility index (Phi) is 6.04. The Morgan fingerprint density at radius 1 is 1.00 bits per heavy atom. The first-order valence-corrected chi connectivity index (χ1v) is 7.44. The Bertz CT molecular complexity index is 720. The van der Waals surface area contributed by atoms with Crippen molar-refractivity contribution in [3.05, 3.63) is 53.6 Å². The highest BCUT2D eigenvalue weighted by Gasteiger charge is 2.24. The molecule has 2 unspecified atom stereocenters. The Hall–Kier alpha value is -2.97. The van der Waals surface area contributed by atoms with E-state index in [1.807, 2.05) is 6.07 Å². The van der Waals surface area contributed by atoms with E-state index in [0.717, 1.165) is 17.7 Å². The van der Waals surface area contributed by atoms with Crippen LogP contribution in [0.5, 0.6) is 17.2 Å². The Morgan fingerprint density at radius 2 is 1.68 bits per heavy atom. The monoisotopic (exact) mass is 349 g/mol. The van der Waals surface area contributed by atoms with Crippen LogP contribution < -0.4 is 5.32 Å². The van der Waals surface area contributed by atoms with Crippen molar-refractivity contribution in [2.24, 2.45) is 0 Å². The van der Waals surface area contributed by atoms with Crippen molar-refractivity contribution in [1.29, 1.82) is 0 Å². The topological polar surface area (TPSA) is 139 Å². The van der Waals surface area contributed by atoms with Crippen LogP contribution in [-0.4, -0.2) is 44.3 Å². The van der Waals surface area contributed by atoms with E-state index in [4.69, 9.17) is 4.74 Å². The van der Waals surface area contributed by atoms with Crippen molar-refractivity contribution >= 4 is 6.09 Å². The molecule has 2 rings (SSSR count). The van der Waals surface area contributed by atoms with Gasteiger partial charge >= 0.3 is 6.09 Å². The van der Waals surface area contributed by atoms with Gasteiger partial charge in [-0.2, -0.15) is 0 Å². The molecule has 0 heterocycles. The normalized spacial score (nSPS) is 13.0. The fraction of sp³-hybridized carbons (Fsp3) is 0.235. The minimum atomic E-state index is -1.60. The van der Waals surface area contributed by atoms with Crippen LogP contribution in [-0.2, 0) is 11.3 Å². The molecule has 0 radical (unpaired) electrons. The summed E-state index contributed by atoms with van der Waals surface area (Å²) in [6.45, 7) is -0.298. The van der Waals surface area contributed by atoms with Gasteiger partial charge in [-0.15, -0.1) is 0 Å². The van der Waals surface area contributed by atoms with Gasteiger partial charge in [-0.25, -0.2) is 4.79 Å². The lowest BCUT2D eigenvalue weighted by Gasteiger charge is -2.20. The molecule has 0 fully saturated rings. The van der Waals surface area contributed by atoms with Gasteiger partial charge in [0.15, 0.2) is 11.5 Å². The number of carbonyl (C=O) groups excluding carboxylic acids is 1. The number of phenolic OH excluding ortho intramolecular Hbond substituents is 3. The van der Waals surface area contributed by atoms with E-state index in [0.29, 0.717) is 0 Å². The van der Waals surface area contributed by atoms with E-state index in [1.165, 1.54) is 0 Å². The van der Waals surface area contributed by atoms with Crippen molar-refractivity contribution in [2.45, 2.75) is 18.8 Å². The summed E-state index contributed by atoms with van der Waals surface area (Å²) in [5.41, 5.74) is 0.602. The number of nitrogens with one attached hydrogen (secondary N) is 1. The summed E-state index contributed by atoms with van der Waals surface area (Å²) in [4.78, 5) is 11.6. The van der Waals surface area contributed by atoms with E-state index in [9.17, 15) is 30.3 Å². The first-order chi connectivity index (χ1) is 11.9. The van der Waals surface area contributed by atoms with Gasteiger partial charge < -0.3 is 35.6 Å². The second-order valence-electron chi connectivity index (χ2n) is 5.33. The molecule has 0 aromatic heterocycles. The standard InChI is InChI=1S/C17H19NO7/c19-12-7-6-11(15(22)16(12)23)14(21)13(20)8-18-17(24)25-9-10-4-2-1-3-5-10/h1-7,13-14,19-23H,8-9H2,(H,18,24). The summed E-state index contributed by atoms with van der Waals surface area (Å²) >= 11 is 0. The molecule has 0 aliphatic heterocycles. The van der Waals surface area contributed by atoms with E-state index < -0.39 is 35.5 Å². The number of phenols is 3. The number of hydrogen-bond donors (Lipinski definition) is 6. The number of carbonyl (C=O) groups is 1. The molecule has 8 heteroatoms. The van der Waals surface area contributed by atoms with Crippen molar-refractivity contribution in [2.75, 3.05) is 6.54 Å². The Labute approximate surface area is 143 Å². The van der Waals surface area contributed by atoms with Crippen LogP contribution in [0.25, 0.3) is 0 Å². The predicted octanol–water partition coefficient (Wildman–Crippen LogP) is 1.12. The zero-order valence-electron chi connectivity index (χ0n) is 13.2. The molecule has 0 saturated heterocycles. The third-order valence-electron chi connectivity index (χ3n) is 3.51. The van der Waals surface area contributed by atoms with Gasteiger partial charge in [0.2, 0.25) is 5.75 Å². The summed E-state index contributed by atoms with van der Waals surface area (Å²) in [7, 11) is 0. The van der Waals surface area contributed by atoms with Crippen LogP contribution in [0.15, 0.2) is 42.5 Å². The molecule has 0 saturated carbocycles. The average Bonchev–Trinajstić information content (AvgIpc) is 2.63. The van der Waals surface area contributed by atoms with E-state index >= 15 is 0 Å². The molecule has 0 aliphatic rings.